The van der Waals surface area contributed by atoms with Gasteiger partial charge in [-0.15, -0.1) is 0 Å². The van der Waals surface area contributed by atoms with Gasteiger partial charge < -0.3 is 10.6 Å². The molecule has 2 heterocycles. The standard InChI is InChI=1S/C20H20N4O4/c25-17(22-10-4-11-23-18(26)14-5-3-9-21-13-14)8-12-24-19(27)15-6-1-2-7-16(15)20(24)28/h1-3,5-7,9,13H,4,8,10-12H2,(H,22,25)(H,23,26). The maximum absolute atomic E-state index is 12.2. The van der Waals surface area contributed by atoms with Gasteiger partial charge in [-0.1, -0.05) is 12.1 Å². The summed E-state index contributed by atoms with van der Waals surface area (Å²) >= 11 is 0. The highest BCUT2D eigenvalue weighted by atomic mass is 16.2. The van der Waals surface area contributed by atoms with Crippen LogP contribution in [0.2, 0.25) is 0 Å². The highest BCUT2D eigenvalue weighted by Crippen LogP contribution is 2.22. The van der Waals surface area contributed by atoms with Gasteiger partial charge in [-0.2, -0.15) is 0 Å². The fraction of sp³-hybridized carbons (Fsp3) is 0.250. The third-order valence-corrected chi connectivity index (χ3v) is 4.33. The molecule has 28 heavy (non-hydrogen) atoms. The van der Waals surface area contributed by atoms with Crippen molar-refractivity contribution in [1.82, 2.24) is 20.5 Å². The average Bonchev–Trinajstić information content (AvgIpc) is 2.97. The molecule has 0 saturated carbocycles. The number of pyridine rings is 1. The van der Waals surface area contributed by atoms with Crippen LogP contribution in [-0.4, -0.2) is 53.1 Å². The van der Waals surface area contributed by atoms with Crippen LogP contribution in [0.3, 0.4) is 0 Å². The van der Waals surface area contributed by atoms with Crippen LogP contribution >= 0.6 is 0 Å². The van der Waals surface area contributed by atoms with Crippen LogP contribution in [0.1, 0.15) is 43.9 Å². The molecule has 0 saturated heterocycles. The Morgan fingerprint density at radius 1 is 0.929 bits per heavy atom. The van der Waals surface area contributed by atoms with Gasteiger partial charge in [0.25, 0.3) is 17.7 Å². The molecule has 0 atom stereocenters. The molecule has 4 amide bonds. The molecule has 0 bridgehead atoms. The van der Waals surface area contributed by atoms with E-state index in [0.717, 1.165) is 4.90 Å². The third-order valence-electron chi connectivity index (χ3n) is 4.33. The molecule has 2 aromatic rings. The Hall–Kier alpha value is -3.55. The van der Waals surface area contributed by atoms with Gasteiger partial charge in [0.15, 0.2) is 0 Å². The average molecular weight is 380 g/mol. The molecule has 0 fully saturated rings. The van der Waals surface area contributed by atoms with E-state index < -0.39 is 0 Å². The molecule has 3 rings (SSSR count). The minimum absolute atomic E-state index is 0.0352. The van der Waals surface area contributed by atoms with Gasteiger partial charge in [0.05, 0.1) is 16.7 Å². The van der Waals surface area contributed by atoms with Crippen LogP contribution in [0.5, 0.6) is 0 Å². The van der Waals surface area contributed by atoms with Gasteiger partial charge in [0.1, 0.15) is 0 Å². The SMILES string of the molecule is O=C(CCN1C(=O)c2ccccc2C1=O)NCCCNC(=O)c1cccnc1. The number of benzene rings is 1. The molecule has 8 nitrogen and oxygen atoms in total. The fourth-order valence-electron chi connectivity index (χ4n) is 2.86. The number of carbonyl (C=O) groups excluding carboxylic acids is 4. The molecule has 0 radical (unpaired) electrons. The first kappa shape index (κ1) is 19.2. The van der Waals surface area contributed by atoms with Gasteiger partial charge in [-0.25, -0.2) is 0 Å². The summed E-state index contributed by atoms with van der Waals surface area (Å²) in [5.41, 5.74) is 1.22. The molecule has 144 valence electrons. The molecular weight excluding hydrogens is 360 g/mol. The summed E-state index contributed by atoms with van der Waals surface area (Å²) in [5, 5.41) is 5.46. The van der Waals surface area contributed by atoms with E-state index >= 15 is 0 Å². The lowest BCUT2D eigenvalue weighted by Crippen LogP contribution is -2.35. The summed E-state index contributed by atoms with van der Waals surface area (Å²) in [7, 11) is 0. The summed E-state index contributed by atoms with van der Waals surface area (Å²) < 4.78 is 0. The Morgan fingerprint density at radius 2 is 1.61 bits per heavy atom. The maximum atomic E-state index is 12.2. The molecule has 0 aliphatic carbocycles. The van der Waals surface area contributed by atoms with Crippen molar-refractivity contribution in [2.24, 2.45) is 0 Å². The second-order valence-electron chi connectivity index (χ2n) is 6.26. The number of amides is 4. The number of nitrogens with zero attached hydrogens (tertiary/aromatic N) is 2. The molecular formula is C20H20N4O4. The van der Waals surface area contributed by atoms with Crippen LogP contribution in [0, 0.1) is 0 Å². The van der Waals surface area contributed by atoms with Crippen LogP contribution in [-0.2, 0) is 4.79 Å². The molecule has 1 aliphatic heterocycles. The zero-order valence-corrected chi connectivity index (χ0v) is 15.2. The largest absolute Gasteiger partial charge is 0.356 e. The summed E-state index contributed by atoms with van der Waals surface area (Å²) in [5.74, 6) is -1.21. The number of fused-ring (bicyclic) bond motifs is 1. The first-order valence-electron chi connectivity index (χ1n) is 8.98. The minimum atomic E-state index is -0.369. The Bertz CT molecular complexity index is 863. The van der Waals surface area contributed by atoms with Crippen LogP contribution in [0.4, 0.5) is 0 Å². The highest BCUT2D eigenvalue weighted by molar-refractivity contribution is 6.21. The molecule has 1 aliphatic rings. The predicted molar refractivity (Wildman–Crippen MR) is 101 cm³/mol. The molecule has 0 unspecified atom stereocenters. The lowest BCUT2D eigenvalue weighted by atomic mass is 10.1. The maximum Gasteiger partial charge on any atom is 0.261 e. The van der Waals surface area contributed by atoms with Crippen molar-refractivity contribution in [3.8, 4) is 0 Å². The summed E-state index contributed by atoms with van der Waals surface area (Å²) in [6, 6.07) is 9.97. The quantitative estimate of drug-likeness (QED) is 0.525. The second-order valence-corrected chi connectivity index (χ2v) is 6.26. The van der Waals surface area contributed by atoms with Crippen molar-refractivity contribution in [3.63, 3.8) is 0 Å². The van der Waals surface area contributed by atoms with E-state index in [1.54, 1.807) is 42.6 Å². The highest BCUT2D eigenvalue weighted by Gasteiger charge is 2.34. The lowest BCUT2D eigenvalue weighted by molar-refractivity contribution is -0.121. The van der Waals surface area contributed by atoms with Crippen molar-refractivity contribution in [3.05, 3.63) is 65.5 Å². The van der Waals surface area contributed by atoms with E-state index in [-0.39, 0.29) is 36.6 Å². The van der Waals surface area contributed by atoms with Gasteiger partial charge >= 0.3 is 0 Å². The summed E-state index contributed by atoms with van der Waals surface area (Å²) in [6.07, 6.45) is 3.67. The van der Waals surface area contributed by atoms with E-state index in [2.05, 4.69) is 15.6 Å². The van der Waals surface area contributed by atoms with Crippen molar-refractivity contribution in [2.45, 2.75) is 12.8 Å². The lowest BCUT2D eigenvalue weighted by Gasteiger charge is -2.13. The third kappa shape index (κ3) is 4.40. The monoisotopic (exact) mass is 380 g/mol. The van der Waals surface area contributed by atoms with E-state index in [1.165, 1.54) is 6.20 Å². The molecule has 1 aromatic carbocycles. The van der Waals surface area contributed by atoms with Crippen LogP contribution < -0.4 is 10.6 Å². The number of hydrogen-bond donors (Lipinski definition) is 2. The van der Waals surface area contributed by atoms with Crippen molar-refractivity contribution in [1.29, 1.82) is 0 Å². The Kier molecular flexibility index (Phi) is 6.11. The first-order chi connectivity index (χ1) is 13.6. The smallest absolute Gasteiger partial charge is 0.261 e. The first-order valence-corrected chi connectivity index (χ1v) is 8.98. The summed E-state index contributed by atoms with van der Waals surface area (Å²) in [6.45, 7) is 0.830. The topological polar surface area (TPSA) is 108 Å². The summed E-state index contributed by atoms with van der Waals surface area (Å²) in [4.78, 5) is 53.2. The number of carbonyl (C=O) groups is 4. The van der Waals surface area contributed by atoms with Crippen molar-refractivity contribution in [2.75, 3.05) is 19.6 Å². The van der Waals surface area contributed by atoms with E-state index in [9.17, 15) is 19.2 Å². The fourth-order valence-corrected chi connectivity index (χ4v) is 2.86. The van der Waals surface area contributed by atoms with Gasteiger partial charge in [-0.05, 0) is 30.7 Å². The number of rotatable bonds is 8. The number of aromatic nitrogens is 1. The Balaban J connectivity index is 1.34. The van der Waals surface area contributed by atoms with Gasteiger partial charge in [-0.3, -0.25) is 29.1 Å². The van der Waals surface area contributed by atoms with E-state index in [1.807, 2.05) is 0 Å². The zero-order chi connectivity index (χ0) is 19.9. The number of hydrogen-bond acceptors (Lipinski definition) is 5. The Labute approximate surface area is 161 Å². The molecule has 0 spiro atoms. The Morgan fingerprint density at radius 3 is 2.25 bits per heavy atom. The van der Waals surface area contributed by atoms with E-state index in [4.69, 9.17) is 0 Å². The van der Waals surface area contributed by atoms with Gasteiger partial charge in [0, 0.05) is 38.4 Å². The van der Waals surface area contributed by atoms with Crippen molar-refractivity contribution >= 4 is 23.6 Å². The molecule has 1 aromatic heterocycles. The normalized spacial score (nSPS) is 12.6. The minimum Gasteiger partial charge on any atom is -0.356 e. The second kappa shape index (κ2) is 8.90. The predicted octanol–water partition coefficient (Wildman–Crippen LogP) is 1.00. The van der Waals surface area contributed by atoms with E-state index in [0.29, 0.717) is 36.2 Å². The molecule has 2 N–H and O–H groups in total. The zero-order valence-electron chi connectivity index (χ0n) is 15.2. The van der Waals surface area contributed by atoms with Crippen molar-refractivity contribution < 1.29 is 19.2 Å². The molecule has 8 heteroatoms. The van der Waals surface area contributed by atoms with Crippen LogP contribution in [0.15, 0.2) is 48.8 Å². The number of imide groups is 1. The van der Waals surface area contributed by atoms with Gasteiger partial charge in [0.2, 0.25) is 5.91 Å². The number of nitrogens with one attached hydrogen (secondary N) is 2. The van der Waals surface area contributed by atoms with Crippen LogP contribution in [0.25, 0.3) is 0 Å².